The molecule has 0 heterocycles. The topological polar surface area (TPSA) is 48.1 Å². The van der Waals surface area contributed by atoms with Crippen LogP contribution in [0.15, 0.2) is 36.4 Å². The normalized spacial score (nSPS) is 18.4. The van der Waals surface area contributed by atoms with E-state index in [1.807, 2.05) is 50.2 Å². The van der Waals surface area contributed by atoms with Crippen LogP contribution in [0.5, 0.6) is 0 Å². The van der Waals surface area contributed by atoms with Gasteiger partial charge in [0.1, 0.15) is 0 Å². The molecule has 0 bridgehead atoms. The molecule has 0 aliphatic heterocycles. The van der Waals surface area contributed by atoms with Crippen molar-refractivity contribution in [2.45, 2.75) is 51.6 Å². The Morgan fingerprint density at radius 1 is 0.733 bits per heavy atom. The number of aryl methyl sites for hydroxylation is 2. The fourth-order valence-electron chi connectivity index (χ4n) is 3.60. The standard InChI is InChI=1S/C22H26Cl2N4S2/c1-13-11-15(23)3-9-19(13)27-21(29)25-17-5-7-18(8-6-17)26-22(30)28-20-10-4-16(24)12-14(20)2/h3-4,9-12,17-18H,5-8H2,1-2H3,(H2,25,27,29)(H2,26,28,30). The zero-order valence-corrected chi connectivity index (χ0v) is 20.2. The van der Waals surface area contributed by atoms with E-state index in [0.717, 1.165) is 58.2 Å². The first-order chi connectivity index (χ1) is 14.3. The number of nitrogens with one attached hydrogen (secondary N) is 4. The van der Waals surface area contributed by atoms with Crippen LogP contribution in [0.25, 0.3) is 0 Å². The van der Waals surface area contributed by atoms with Crippen LogP contribution in [-0.2, 0) is 0 Å². The van der Waals surface area contributed by atoms with E-state index in [0.29, 0.717) is 22.3 Å². The third-order valence-corrected chi connectivity index (χ3v) is 6.18. The van der Waals surface area contributed by atoms with Gasteiger partial charge in [-0.15, -0.1) is 0 Å². The SMILES string of the molecule is Cc1cc(Cl)ccc1NC(=S)NC1CCC(NC(=S)Nc2ccc(Cl)cc2C)CC1. The third kappa shape index (κ3) is 6.71. The van der Waals surface area contributed by atoms with Crippen molar-refractivity contribution in [2.75, 3.05) is 10.6 Å². The Hall–Kier alpha value is -1.60. The lowest BCUT2D eigenvalue weighted by Gasteiger charge is -2.31. The molecule has 2 aromatic rings. The lowest BCUT2D eigenvalue weighted by molar-refractivity contribution is 0.356. The first-order valence-electron chi connectivity index (χ1n) is 9.97. The third-order valence-electron chi connectivity index (χ3n) is 5.27. The molecule has 3 rings (SSSR count). The number of anilines is 2. The molecule has 4 nitrogen and oxygen atoms in total. The van der Waals surface area contributed by atoms with Gasteiger partial charge in [0.05, 0.1) is 0 Å². The maximum atomic E-state index is 6.02. The predicted molar refractivity (Wildman–Crippen MR) is 137 cm³/mol. The van der Waals surface area contributed by atoms with Gasteiger partial charge < -0.3 is 21.3 Å². The van der Waals surface area contributed by atoms with E-state index in [1.54, 1.807) is 0 Å². The smallest absolute Gasteiger partial charge is 0.171 e. The summed E-state index contributed by atoms with van der Waals surface area (Å²) in [4.78, 5) is 0. The van der Waals surface area contributed by atoms with Crippen molar-refractivity contribution in [3.05, 3.63) is 57.6 Å². The number of hydrogen-bond acceptors (Lipinski definition) is 2. The van der Waals surface area contributed by atoms with Gasteiger partial charge in [-0.2, -0.15) is 0 Å². The molecule has 0 amide bonds. The van der Waals surface area contributed by atoms with Crippen LogP contribution in [0.1, 0.15) is 36.8 Å². The van der Waals surface area contributed by atoms with Gasteiger partial charge in [-0.1, -0.05) is 23.2 Å². The minimum absolute atomic E-state index is 0.357. The molecule has 2 aromatic carbocycles. The summed E-state index contributed by atoms with van der Waals surface area (Å²) >= 11 is 23.0. The molecule has 1 aliphatic carbocycles. The van der Waals surface area contributed by atoms with Gasteiger partial charge in [-0.25, -0.2) is 0 Å². The number of thiocarbonyl (C=S) groups is 2. The van der Waals surface area contributed by atoms with Gasteiger partial charge >= 0.3 is 0 Å². The second-order valence-corrected chi connectivity index (χ2v) is 9.35. The molecule has 1 fully saturated rings. The Bertz CT molecular complexity index is 852. The van der Waals surface area contributed by atoms with E-state index in [-0.39, 0.29) is 0 Å². The van der Waals surface area contributed by atoms with Crippen molar-refractivity contribution in [1.82, 2.24) is 10.6 Å². The van der Waals surface area contributed by atoms with Crippen LogP contribution < -0.4 is 21.3 Å². The number of halogens is 2. The Morgan fingerprint density at radius 3 is 1.43 bits per heavy atom. The summed E-state index contributed by atoms with van der Waals surface area (Å²) < 4.78 is 0. The van der Waals surface area contributed by atoms with Gasteiger partial charge in [0.15, 0.2) is 10.2 Å². The zero-order chi connectivity index (χ0) is 21.7. The molecule has 4 N–H and O–H groups in total. The van der Waals surface area contributed by atoms with Crippen LogP contribution in [0.3, 0.4) is 0 Å². The molecule has 0 unspecified atom stereocenters. The number of hydrogen-bond donors (Lipinski definition) is 4. The summed E-state index contributed by atoms with van der Waals surface area (Å²) in [5.41, 5.74) is 4.08. The van der Waals surface area contributed by atoms with Gasteiger partial charge in [-0.05, 0) is 111 Å². The molecule has 0 saturated heterocycles. The molecule has 160 valence electrons. The molecule has 0 aromatic heterocycles. The molecule has 0 atom stereocenters. The van der Waals surface area contributed by atoms with Crippen LogP contribution >= 0.6 is 47.6 Å². The maximum absolute atomic E-state index is 6.02. The Balaban J connectivity index is 1.42. The Morgan fingerprint density at radius 2 is 1.10 bits per heavy atom. The quantitative estimate of drug-likeness (QED) is 0.391. The second kappa shape index (κ2) is 10.6. The summed E-state index contributed by atoms with van der Waals surface area (Å²) in [6.07, 6.45) is 4.12. The molecule has 8 heteroatoms. The Labute approximate surface area is 199 Å². The molecular weight excluding hydrogens is 455 g/mol. The van der Waals surface area contributed by atoms with Gasteiger partial charge in [0, 0.05) is 33.5 Å². The van der Waals surface area contributed by atoms with E-state index in [1.165, 1.54) is 0 Å². The highest BCUT2D eigenvalue weighted by Crippen LogP contribution is 2.22. The molecule has 1 saturated carbocycles. The first-order valence-corrected chi connectivity index (χ1v) is 11.5. The van der Waals surface area contributed by atoms with Crippen molar-refractivity contribution >= 4 is 69.2 Å². The number of rotatable bonds is 4. The maximum Gasteiger partial charge on any atom is 0.171 e. The predicted octanol–water partition coefficient (Wildman–Crippen LogP) is 6.19. The second-order valence-electron chi connectivity index (χ2n) is 7.66. The van der Waals surface area contributed by atoms with E-state index < -0.39 is 0 Å². The van der Waals surface area contributed by atoms with Gasteiger partial charge in [-0.3, -0.25) is 0 Å². The zero-order valence-electron chi connectivity index (χ0n) is 17.0. The van der Waals surface area contributed by atoms with Gasteiger partial charge in [0.2, 0.25) is 0 Å². The largest absolute Gasteiger partial charge is 0.360 e. The van der Waals surface area contributed by atoms with Crippen LogP contribution in [0.2, 0.25) is 10.0 Å². The van der Waals surface area contributed by atoms with Crippen molar-refractivity contribution in [3.8, 4) is 0 Å². The summed E-state index contributed by atoms with van der Waals surface area (Å²) in [7, 11) is 0. The summed E-state index contributed by atoms with van der Waals surface area (Å²) in [6, 6.07) is 12.2. The highest BCUT2D eigenvalue weighted by Gasteiger charge is 2.22. The minimum Gasteiger partial charge on any atom is -0.360 e. The van der Waals surface area contributed by atoms with Crippen molar-refractivity contribution < 1.29 is 0 Å². The van der Waals surface area contributed by atoms with Crippen molar-refractivity contribution in [1.29, 1.82) is 0 Å². The average Bonchev–Trinajstić information content (AvgIpc) is 2.68. The average molecular weight is 482 g/mol. The first kappa shape index (κ1) is 23.1. The molecule has 0 radical (unpaired) electrons. The minimum atomic E-state index is 0.357. The van der Waals surface area contributed by atoms with Crippen molar-refractivity contribution in [3.63, 3.8) is 0 Å². The fraction of sp³-hybridized carbons (Fsp3) is 0.364. The highest BCUT2D eigenvalue weighted by molar-refractivity contribution is 7.80. The van der Waals surface area contributed by atoms with Crippen molar-refractivity contribution in [2.24, 2.45) is 0 Å². The van der Waals surface area contributed by atoms with E-state index >= 15 is 0 Å². The molecule has 1 aliphatic rings. The Kier molecular flexibility index (Phi) is 8.17. The lowest BCUT2D eigenvalue weighted by atomic mass is 9.91. The molecule has 30 heavy (non-hydrogen) atoms. The van der Waals surface area contributed by atoms with Gasteiger partial charge in [0.25, 0.3) is 0 Å². The molecular formula is C22H26Cl2N4S2. The lowest BCUT2D eigenvalue weighted by Crippen LogP contribution is -2.45. The van der Waals surface area contributed by atoms with E-state index in [2.05, 4.69) is 21.3 Å². The highest BCUT2D eigenvalue weighted by atomic mass is 35.5. The summed E-state index contributed by atoms with van der Waals surface area (Å²) in [5.74, 6) is 0. The van der Waals surface area contributed by atoms with Crippen LogP contribution in [-0.4, -0.2) is 22.3 Å². The van der Waals surface area contributed by atoms with E-state index in [9.17, 15) is 0 Å². The van der Waals surface area contributed by atoms with Crippen LogP contribution in [0, 0.1) is 13.8 Å². The summed E-state index contributed by atoms with van der Waals surface area (Å²) in [6.45, 7) is 4.02. The fourth-order valence-corrected chi connectivity index (χ4v) is 4.61. The monoisotopic (exact) mass is 480 g/mol. The van der Waals surface area contributed by atoms with E-state index in [4.69, 9.17) is 47.6 Å². The molecule has 0 spiro atoms. The summed E-state index contributed by atoms with van der Waals surface area (Å²) in [5, 5.41) is 16.1. The number of benzene rings is 2. The van der Waals surface area contributed by atoms with Crippen LogP contribution in [0.4, 0.5) is 11.4 Å².